The number of hydrogen-bond donors (Lipinski definition) is 0. The summed E-state index contributed by atoms with van der Waals surface area (Å²) < 4.78 is 28.7. The molecule has 2 aromatic rings. The van der Waals surface area contributed by atoms with Gasteiger partial charge in [0.2, 0.25) is 5.78 Å². The second-order valence-electron chi connectivity index (χ2n) is 3.45. The number of ketones is 1. The molecule has 0 aliphatic heterocycles. The summed E-state index contributed by atoms with van der Waals surface area (Å²) in [6, 6.07) is 3.49. The first-order valence-electron chi connectivity index (χ1n) is 4.68. The number of rotatable bonds is 2. The summed E-state index contributed by atoms with van der Waals surface area (Å²) in [6.07, 6.45) is 1.53. The van der Waals surface area contributed by atoms with Crippen LogP contribution in [0.4, 0.5) is 8.78 Å². The number of nitrogens with zero attached hydrogens (tertiary/aromatic N) is 2. The van der Waals surface area contributed by atoms with Crippen molar-refractivity contribution in [1.29, 1.82) is 0 Å². The maximum atomic E-state index is 13.5. The van der Waals surface area contributed by atoms with Gasteiger partial charge in [0.25, 0.3) is 0 Å². The molecule has 0 N–H and O–H groups in total. The maximum absolute atomic E-state index is 13.5. The Balaban J connectivity index is 2.51. The molecule has 0 amide bonds. The molecule has 17 heavy (non-hydrogen) atoms. The van der Waals surface area contributed by atoms with E-state index >= 15 is 0 Å². The van der Waals surface area contributed by atoms with E-state index in [9.17, 15) is 13.6 Å². The molecule has 1 aromatic heterocycles. The number of carbonyl (C=O) groups excluding carboxylic acids is 1. The Hall–Kier alpha value is -1.56. The van der Waals surface area contributed by atoms with E-state index < -0.39 is 23.0 Å². The second kappa shape index (κ2) is 4.37. The Morgan fingerprint density at radius 3 is 2.41 bits per heavy atom. The number of benzene rings is 1. The Kier molecular flexibility index (Phi) is 3.06. The molecular weight excluding hydrogens is 294 g/mol. The Morgan fingerprint density at radius 1 is 1.35 bits per heavy atom. The van der Waals surface area contributed by atoms with Crippen LogP contribution in [0.15, 0.2) is 28.9 Å². The Morgan fingerprint density at radius 2 is 1.94 bits per heavy atom. The summed E-state index contributed by atoms with van der Waals surface area (Å²) in [5, 5.41) is 3.81. The third-order valence-electron chi connectivity index (χ3n) is 2.18. The number of aromatic nitrogens is 2. The SMILES string of the molecule is Cn1ccc(C(=O)c2c(F)cc(Br)cc2F)n1. The highest BCUT2D eigenvalue weighted by molar-refractivity contribution is 9.10. The van der Waals surface area contributed by atoms with Gasteiger partial charge >= 0.3 is 0 Å². The zero-order valence-corrected chi connectivity index (χ0v) is 10.3. The highest BCUT2D eigenvalue weighted by Crippen LogP contribution is 2.21. The van der Waals surface area contributed by atoms with Crippen LogP contribution in [0.1, 0.15) is 16.1 Å². The van der Waals surface area contributed by atoms with Gasteiger partial charge in [-0.05, 0) is 18.2 Å². The van der Waals surface area contributed by atoms with Crippen molar-refractivity contribution in [3.05, 3.63) is 51.8 Å². The van der Waals surface area contributed by atoms with Gasteiger partial charge in [0.05, 0.1) is 5.56 Å². The van der Waals surface area contributed by atoms with Gasteiger partial charge in [-0.3, -0.25) is 9.48 Å². The molecule has 2 rings (SSSR count). The lowest BCUT2D eigenvalue weighted by Gasteiger charge is -2.02. The minimum atomic E-state index is -0.910. The Labute approximate surface area is 104 Å². The van der Waals surface area contributed by atoms with Crippen molar-refractivity contribution in [2.24, 2.45) is 7.05 Å². The molecule has 0 radical (unpaired) electrons. The first-order valence-corrected chi connectivity index (χ1v) is 5.47. The van der Waals surface area contributed by atoms with Gasteiger partial charge in [0, 0.05) is 17.7 Å². The van der Waals surface area contributed by atoms with Crippen molar-refractivity contribution < 1.29 is 13.6 Å². The van der Waals surface area contributed by atoms with Crippen LogP contribution in [0.3, 0.4) is 0 Å². The van der Waals surface area contributed by atoms with E-state index in [1.54, 1.807) is 7.05 Å². The van der Waals surface area contributed by atoms with Crippen LogP contribution in [0.2, 0.25) is 0 Å². The minimum Gasteiger partial charge on any atom is -0.287 e. The lowest BCUT2D eigenvalue weighted by atomic mass is 10.1. The quantitative estimate of drug-likeness (QED) is 0.799. The van der Waals surface area contributed by atoms with E-state index in [0.717, 1.165) is 12.1 Å². The standard InChI is InChI=1S/C11H7BrF2N2O/c1-16-3-2-9(15-16)11(17)10-7(13)4-6(12)5-8(10)14/h2-5H,1H3. The van der Waals surface area contributed by atoms with E-state index in [-0.39, 0.29) is 10.2 Å². The fraction of sp³-hybridized carbons (Fsp3) is 0.0909. The maximum Gasteiger partial charge on any atom is 0.219 e. The molecule has 0 saturated heterocycles. The van der Waals surface area contributed by atoms with Crippen LogP contribution in [0.5, 0.6) is 0 Å². The average molecular weight is 301 g/mol. The monoisotopic (exact) mass is 300 g/mol. The van der Waals surface area contributed by atoms with Crippen LogP contribution < -0.4 is 0 Å². The lowest BCUT2D eigenvalue weighted by molar-refractivity contribution is 0.102. The average Bonchev–Trinajstić information content (AvgIpc) is 2.63. The molecular formula is C11H7BrF2N2O. The molecule has 0 spiro atoms. The largest absolute Gasteiger partial charge is 0.287 e. The first kappa shape index (κ1) is 11.9. The van der Waals surface area contributed by atoms with Gasteiger partial charge in [-0.25, -0.2) is 8.78 Å². The van der Waals surface area contributed by atoms with Crippen molar-refractivity contribution in [1.82, 2.24) is 9.78 Å². The van der Waals surface area contributed by atoms with Crippen molar-refractivity contribution in [2.75, 3.05) is 0 Å². The molecule has 3 nitrogen and oxygen atoms in total. The summed E-state index contributed by atoms with van der Waals surface area (Å²) in [4.78, 5) is 11.8. The van der Waals surface area contributed by atoms with Crippen LogP contribution in [0, 0.1) is 11.6 Å². The second-order valence-corrected chi connectivity index (χ2v) is 4.36. The van der Waals surface area contributed by atoms with Crippen molar-refractivity contribution >= 4 is 21.7 Å². The molecule has 1 heterocycles. The molecule has 0 saturated carbocycles. The normalized spacial score (nSPS) is 10.6. The minimum absolute atomic E-state index is 0.00706. The van der Waals surface area contributed by atoms with Crippen molar-refractivity contribution in [2.45, 2.75) is 0 Å². The van der Waals surface area contributed by atoms with Crippen LogP contribution in [0.25, 0.3) is 0 Å². The van der Waals surface area contributed by atoms with E-state index in [1.165, 1.54) is 16.9 Å². The fourth-order valence-corrected chi connectivity index (χ4v) is 1.83. The molecule has 1 aromatic carbocycles. The lowest BCUT2D eigenvalue weighted by Crippen LogP contribution is -2.09. The fourth-order valence-electron chi connectivity index (χ4n) is 1.42. The third kappa shape index (κ3) is 2.26. The summed E-state index contributed by atoms with van der Waals surface area (Å²) in [6.45, 7) is 0. The van der Waals surface area contributed by atoms with Gasteiger partial charge in [-0.2, -0.15) is 5.10 Å². The molecule has 0 unspecified atom stereocenters. The predicted molar refractivity (Wildman–Crippen MR) is 60.7 cm³/mol. The summed E-state index contributed by atoms with van der Waals surface area (Å²) in [5.74, 6) is -2.59. The van der Waals surface area contributed by atoms with E-state index in [0.29, 0.717) is 0 Å². The first-order chi connectivity index (χ1) is 7.99. The molecule has 88 valence electrons. The predicted octanol–water partition coefficient (Wildman–Crippen LogP) is 2.69. The zero-order chi connectivity index (χ0) is 12.6. The van der Waals surface area contributed by atoms with Gasteiger partial charge in [-0.1, -0.05) is 15.9 Å². The number of aryl methyl sites for hydroxylation is 1. The number of hydrogen-bond acceptors (Lipinski definition) is 2. The molecule has 0 aliphatic rings. The third-order valence-corrected chi connectivity index (χ3v) is 2.64. The van der Waals surface area contributed by atoms with Crippen LogP contribution in [-0.2, 0) is 7.05 Å². The molecule has 6 heteroatoms. The van der Waals surface area contributed by atoms with Crippen LogP contribution in [-0.4, -0.2) is 15.6 Å². The van der Waals surface area contributed by atoms with Crippen molar-refractivity contribution in [3.63, 3.8) is 0 Å². The van der Waals surface area contributed by atoms with E-state index in [4.69, 9.17) is 0 Å². The topological polar surface area (TPSA) is 34.9 Å². The van der Waals surface area contributed by atoms with Gasteiger partial charge in [0.15, 0.2) is 0 Å². The van der Waals surface area contributed by atoms with E-state index in [1.807, 2.05) is 0 Å². The molecule has 0 fully saturated rings. The van der Waals surface area contributed by atoms with Gasteiger partial charge in [-0.15, -0.1) is 0 Å². The highest BCUT2D eigenvalue weighted by Gasteiger charge is 2.21. The number of carbonyl (C=O) groups is 1. The van der Waals surface area contributed by atoms with Crippen LogP contribution >= 0.6 is 15.9 Å². The molecule has 0 aliphatic carbocycles. The smallest absolute Gasteiger partial charge is 0.219 e. The molecule has 0 atom stereocenters. The van der Waals surface area contributed by atoms with Gasteiger partial charge < -0.3 is 0 Å². The van der Waals surface area contributed by atoms with E-state index in [2.05, 4.69) is 21.0 Å². The Bertz CT molecular complexity index is 572. The van der Waals surface area contributed by atoms with Gasteiger partial charge in [0.1, 0.15) is 17.3 Å². The summed E-state index contributed by atoms with van der Waals surface area (Å²) in [5.41, 5.74) is -0.584. The summed E-state index contributed by atoms with van der Waals surface area (Å²) >= 11 is 2.95. The zero-order valence-electron chi connectivity index (χ0n) is 8.75. The summed E-state index contributed by atoms with van der Waals surface area (Å²) in [7, 11) is 1.62. The number of halogens is 3. The molecule has 0 bridgehead atoms. The highest BCUT2D eigenvalue weighted by atomic mass is 79.9. The van der Waals surface area contributed by atoms with Crippen molar-refractivity contribution in [3.8, 4) is 0 Å².